The summed E-state index contributed by atoms with van der Waals surface area (Å²) in [6.45, 7) is 4.73. The summed E-state index contributed by atoms with van der Waals surface area (Å²) in [5.41, 5.74) is 0.403. The monoisotopic (exact) mass is 272 g/mol. The molecule has 1 aliphatic heterocycles. The minimum Gasteiger partial charge on any atom is -0.310 e. The van der Waals surface area contributed by atoms with Crippen molar-refractivity contribution in [2.24, 2.45) is 0 Å². The molecule has 18 heavy (non-hydrogen) atoms. The van der Waals surface area contributed by atoms with Crippen LogP contribution in [0.2, 0.25) is 0 Å². The Morgan fingerprint density at radius 1 is 1.22 bits per heavy atom. The predicted molar refractivity (Wildman–Crippen MR) is 78.4 cm³/mol. The number of hydrogen-bond donors (Lipinski definition) is 1. The van der Waals surface area contributed by atoms with Crippen LogP contribution < -0.4 is 5.32 Å². The summed E-state index contributed by atoms with van der Waals surface area (Å²) in [7, 11) is -0.630. The Bertz CT molecular complexity index is 277. The molecule has 106 valence electrons. The third-order valence-electron chi connectivity index (χ3n) is 4.39. The van der Waals surface area contributed by atoms with Gasteiger partial charge in [-0.05, 0) is 45.3 Å². The SMILES string of the molecule is CS(=O)CCCN1CCCNC2(CCCCC2)C1. The van der Waals surface area contributed by atoms with E-state index in [1.54, 1.807) is 0 Å². The number of nitrogens with one attached hydrogen (secondary N) is 1. The first kappa shape index (κ1) is 14.5. The lowest BCUT2D eigenvalue weighted by Gasteiger charge is -2.40. The van der Waals surface area contributed by atoms with Crippen molar-refractivity contribution >= 4 is 10.8 Å². The summed E-state index contributed by atoms with van der Waals surface area (Å²) in [6.07, 6.45) is 11.0. The highest BCUT2D eigenvalue weighted by atomic mass is 32.2. The van der Waals surface area contributed by atoms with E-state index in [1.165, 1.54) is 58.2 Å². The summed E-state index contributed by atoms with van der Waals surface area (Å²) in [5.74, 6) is 0.858. The second kappa shape index (κ2) is 7.01. The summed E-state index contributed by atoms with van der Waals surface area (Å²) in [5, 5.41) is 3.82. The average Bonchev–Trinajstić information content (AvgIpc) is 2.53. The molecular weight excluding hydrogens is 244 g/mol. The Balaban J connectivity index is 1.84. The topological polar surface area (TPSA) is 32.3 Å². The first-order valence-electron chi connectivity index (χ1n) is 7.48. The van der Waals surface area contributed by atoms with Gasteiger partial charge >= 0.3 is 0 Å². The molecular formula is C14H28N2OS. The maximum absolute atomic E-state index is 11.1. The van der Waals surface area contributed by atoms with Crippen LogP contribution in [0, 0.1) is 0 Å². The molecule has 1 aliphatic carbocycles. The Morgan fingerprint density at radius 3 is 2.72 bits per heavy atom. The molecule has 0 radical (unpaired) electrons. The van der Waals surface area contributed by atoms with Crippen LogP contribution in [0.5, 0.6) is 0 Å². The Labute approximate surface area is 114 Å². The second-order valence-electron chi connectivity index (χ2n) is 6.03. The van der Waals surface area contributed by atoms with Crippen molar-refractivity contribution in [3.8, 4) is 0 Å². The molecule has 1 unspecified atom stereocenters. The highest BCUT2D eigenvalue weighted by Gasteiger charge is 2.34. The zero-order valence-corrected chi connectivity index (χ0v) is 12.6. The lowest BCUT2D eigenvalue weighted by atomic mass is 9.81. The molecule has 1 spiro atoms. The fraction of sp³-hybridized carbons (Fsp3) is 1.00. The van der Waals surface area contributed by atoms with Crippen LogP contribution in [0.1, 0.15) is 44.9 Å². The molecule has 0 amide bonds. The molecule has 4 heteroatoms. The molecule has 0 aromatic heterocycles. The van der Waals surface area contributed by atoms with Crippen LogP contribution >= 0.6 is 0 Å². The van der Waals surface area contributed by atoms with E-state index < -0.39 is 10.8 Å². The molecule has 0 bridgehead atoms. The molecule has 2 rings (SSSR count). The first-order chi connectivity index (χ1) is 8.70. The van der Waals surface area contributed by atoms with Gasteiger partial charge in [-0.25, -0.2) is 0 Å². The largest absolute Gasteiger partial charge is 0.310 e. The van der Waals surface area contributed by atoms with Gasteiger partial charge < -0.3 is 10.2 Å². The lowest BCUT2D eigenvalue weighted by Crippen LogP contribution is -2.52. The quantitative estimate of drug-likeness (QED) is 0.846. The zero-order valence-electron chi connectivity index (χ0n) is 11.7. The fourth-order valence-corrected chi connectivity index (χ4v) is 4.00. The molecule has 2 aliphatic rings. The van der Waals surface area contributed by atoms with E-state index in [1.807, 2.05) is 6.26 Å². The highest BCUT2D eigenvalue weighted by Crippen LogP contribution is 2.30. The fourth-order valence-electron chi connectivity index (χ4n) is 3.46. The summed E-state index contributed by atoms with van der Waals surface area (Å²) in [4.78, 5) is 2.61. The molecule has 1 saturated carbocycles. The zero-order chi connectivity index (χ0) is 12.8. The molecule has 2 fully saturated rings. The summed E-state index contributed by atoms with van der Waals surface area (Å²) < 4.78 is 11.1. The van der Waals surface area contributed by atoms with Gasteiger partial charge in [0.25, 0.3) is 0 Å². The Kier molecular flexibility index (Phi) is 5.64. The van der Waals surface area contributed by atoms with Gasteiger partial charge in [0.05, 0.1) is 0 Å². The highest BCUT2D eigenvalue weighted by molar-refractivity contribution is 7.84. The number of hydrogen-bond acceptors (Lipinski definition) is 3. The molecule has 1 saturated heterocycles. The van der Waals surface area contributed by atoms with E-state index in [0.29, 0.717) is 5.54 Å². The minimum absolute atomic E-state index is 0.403. The molecule has 1 atom stereocenters. The third kappa shape index (κ3) is 4.32. The smallest absolute Gasteiger partial charge is 0.0308 e. The van der Waals surface area contributed by atoms with Gasteiger partial charge in [-0.2, -0.15) is 0 Å². The molecule has 0 aromatic rings. The van der Waals surface area contributed by atoms with Crippen molar-refractivity contribution in [2.75, 3.05) is 38.2 Å². The van der Waals surface area contributed by atoms with Crippen LogP contribution in [-0.4, -0.2) is 52.8 Å². The van der Waals surface area contributed by atoms with E-state index in [9.17, 15) is 4.21 Å². The maximum Gasteiger partial charge on any atom is 0.0308 e. The van der Waals surface area contributed by atoms with Gasteiger partial charge in [0.2, 0.25) is 0 Å². The normalized spacial score (nSPS) is 26.9. The Morgan fingerprint density at radius 2 is 2.00 bits per heavy atom. The van der Waals surface area contributed by atoms with Gasteiger partial charge in [-0.3, -0.25) is 4.21 Å². The van der Waals surface area contributed by atoms with Gasteiger partial charge in [0.15, 0.2) is 0 Å². The van der Waals surface area contributed by atoms with Crippen LogP contribution in [-0.2, 0) is 10.8 Å². The molecule has 0 aromatic carbocycles. The van der Waals surface area contributed by atoms with E-state index >= 15 is 0 Å². The van der Waals surface area contributed by atoms with E-state index in [4.69, 9.17) is 0 Å². The second-order valence-corrected chi connectivity index (χ2v) is 7.58. The van der Waals surface area contributed by atoms with Crippen LogP contribution in [0.25, 0.3) is 0 Å². The third-order valence-corrected chi connectivity index (χ3v) is 5.26. The van der Waals surface area contributed by atoms with Crippen molar-refractivity contribution in [2.45, 2.75) is 50.5 Å². The summed E-state index contributed by atoms with van der Waals surface area (Å²) >= 11 is 0. The standard InChI is InChI=1S/C14H28N2OS/c1-18(17)12-6-11-16-10-5-9-15-14(13-16)7-3-2-4-8-14/h15H,2-13H2,1H3. The molecule has 1 N–H and O–H groups in total. The van der Waals surface area contributed by atoms with Crippen LogP contribution in [0.15, 0.2) is 0 Å². The van der Waals surface area contributed by atoms with Crippen molar-refractivity contribution in [3.05, 3.63) is 0 Å². The number of rotatable bonds is 4. The van der Waals surface area contributed by atoms with E-state index in [0.717, 1.165) is 18.7 Å². The molecule has 1 heterocycles. The van der Waals surface area contributed by atoms with Crippen molar-refractivity contribution < 1.29 is 4.21 Å². The maximum atomic E-state index is 11.1. The summed E-state index contributed by atoms with van der Waals surface area (Å²) in [6, 6.07) is 0. The number of nitrogens with zero attached hydrogens (tertiary/aromatic N) is 1. The van der Waals surface area contributed by atoms with Crippen molar-refractivity contribution in [1.29, 1.82) is 0 Å². The van der Waals surface area contributed by atoms with Gasteiger partial charge in [0, 0.05) is 34.9 Å². The Hall–Kier alpha value is 0.0700. The average molecular weight is 272 g/mol. The van der Waals surface area contributed by atoms with E-state index in [2.05, 4.69) is 10.2 Å². The molecule has 3 nitrogen and oxygen atoms in total. The van der Waals surface area contributed by atoms with Gasteiger partial charge in [-0.15, -0.1) is 0 Å². The lowest BCUT2D eigenvalue weighted by molar-refractivity contribution is 0.164. The van der Waals surface area contributed by atoms with Gasteiger partial charge in [-0.1, -0.05) is 19.3 Å². The minimum atomic E-state index is -0.630. The van der Waals surface area contributed by atoms with Crippen LogP contribution in [0.3, 0.4) is 0 Å². The van der Waals surface area contributed by atoms with E-state index in [-0.39, 0.29) is 0 Å². The van der Waals surface area contributed by atoms with Crippen LogP contribution in [0.4, 0.5) is 0 Å². The van der Waals surface area contributed by atoms with Crippen molar-refractivity contribution in [3.63, 3.8) is 0 Å². The van der Waals surface area contributed by atoms with Gasteiger partial charge in [0.1, 0.15) is 0 Å². The first-order valence-corrected chi connectivity index (χ1v) is 9.20. The van der Waals surface area contributed by atoms with Crippen molar-refractivity contribution in [1.82, 2.24) is 10.2 Å². The predicted octanol–water partition coefficient (Wildman–Crippen LogP) is 1.75.